The number of benzene rings is 1. The minimum Gasteiger partial charge on any atom is -0.390 e. The molecule has 0 amide bonds. The van der Waals surface area contributed by atoms with Crippen LogP contribution in [0.25, 0.3) is 10.4 Å². The van der Waals surface area contributed by atoms with Gasteiger partial charge < -0.3 is 9.84 Å². The number of nitrogens with zero attached hydrogens (tertiary/aromatic N) is 3. The van der Waals surface area contributed by atoms with Crippen molar-refractivity contribution in [2.45, 2.75) is 48.8 Å². The van der Waals surface area contributed by atoms with Gasteiger partial charge in [0.25, 0.3) is 0 Å². The summed E-state index contributed by atoms with van der Waals surface area (Å²) in [5.41, 5.74) is 8.47. The molecule has 5 atom stereocenters. The first kappa shape index (κ1) is 15.2. The summed E-state index contributed by atoms with van der Waals surface area (Å²) in [6, 6.07) is 9.50. The number of aliphatic hydroxyl groups excluding tert-OH is 1. The summed E-state index contributed by atoms with van der Waals surface area (Å²) in [5, 5.41) is 14.0. The lowest BCUT2D eigenvalue weighted by Crippen LogP contribution is -2.50. The van der Waals surface area contributed by atoms with E-state index in [9.17, 15) is 5.11 Å². The second-order valence-electron chi connectivity index (χ2n) is 4.93. The van der Waals surface area contributed by atoms with Gasteiger partial charge in [0.15, 0.2) is 0 Å². The van der Waals surface area contributed by atoms with E-state index in [2.05, 4.69) is 10.0 Å². The predicted molar refractivity (Wildman–Crippen MR) is 79.4 cm³/mol. The van der Waals surface area contributed by atoms with Crippen LogP contribution < -0.4 is 0 Å². The zero-order valence-electron chi connectivity index (χ0n) is 11.6. The Morgan fingerprint density at radius 3 is 2.70 bits per heavy atom. The highest BCUT2D eigenvalue weighted by atomic mass is 32.2. The van der Waals surface area contributed by atoms with Crippen LogP contribution in [-0.2, 0) is 4.74 Å². The van der Waals surface area contributed by atoms with Crippen LogP contribution in [0.1, 0.15) is 20.3 Å². The molecular formula is C14H19N3O2S. The minimum absolute atomic E-state index is 0.120. The first-order chi connectivity index (χ1) is 9.67. The second-order valence-corrected chi connectivity index (χ2v) is 6.10. The Bertz CT molecular complexity index is 479. The monoisotopic (exact) mass is 293 g/mol. The summed E-state index contributed by atoms with van der Waals surface area (Å²) in [6.07, 6.45) is -0.0696. The third-order valence-corrected chi connectivity index (χ3v) is 4.80. The van der Waals surface area contributed by atoms with Crippen LogP contribution in [0, 0.1) is 5.92 Å². The van der Waals surface area contributed by atoms with Crippen molar-refractivity contribution in [1.29, 1.82) is 0 Å². The Morgan fingerprint density at radius 2 is 2.10 bits per heavy atom. The van der Waals surface area contributed by atoms with Crippen LogP contribution in [0.2, 0.25) is 0 Å². The van der Waals surface area contributed by atoms with Gasteiger partial charge in [0.1, 0.15) is 5.44 Å². The quantitative estimate of drug-likeness (QED) is 0.523. The molecule has 1 saturated heterocycles. The molecule has 1 fully saturated rings. The van der Waals surface area contributed by atoms with Gasteiger partial charge in [0.05, 0.1) is 18.2 Å². The molecule has 0 aliphatic carbocycles. The summed E-state index contributed by atoms with van der Waals surface area (Å²) < 4.78 is 5.94. The molecule has 1 N–H and O–H groups in total. The zero-order chi connectivity index (χ0) is 14.5. The molecule has 0 aromatic heterocycles. The van der Waals surface area contributed by atoms with Crippen molar-refractivity contribution in [2.24, 2.45) is 11.0 Å². The number of thioether (sulfide) groups is 1. The predicted octanol–water partition coefficient (Wildman–Crippen LogP) is 3.59. The third-order valence-electron chi connectivity index (χ3n) is 3.63. The van der Waals surface area contributed by atoms with E-state index in [1.165, 1.54) is 11.8 Å². The van der Waals surface area contributed by atoms with E-state index >= 15 is 0 Å². The number of hydrogen-bond acceptors (Lipinski definition) is 4. The number of azide groups is 1. The first-order valence-electron chi connectivity index (χ1n) is 6.76. The maximum atomic E-state index is 10.2. The zero-order valence-corrected chi connectivity index (χ0v) is 12.4. The molecule has 1 aliphatic rings. The first-order valence-corrected chi connectivity index (χ1v) is 7.64. The second kappa shape index (κ2) is 6.99. The molecule has 0 radical (unpaired) electrons. The summed E-state index contributed by atoms with van der Waals surface area (Å²) >= 11 is 1.54. The number of aliphatic hydroxyl groups is 1. The molecule has 108 valence electrons. The lowest BCUT2D eigenvalue weighted by molar-refractivity contribution is -0.122. The van der Waals surface area contributed by atoms with Crippen molar-refractivity contribution < 1.29 is 9.84 Å². The standard InChI is InChI=1S/C14H19N3O2S/c1-3-11-13(18)9(2)12(16-17-15)14(19-11)20-10-7-5-4-6-8-10/h4-9,11-14,18H,3H2,1-2H3/t9?,11?,12-,13-,14-/m0/s1. The van der Waals surface area contributed by atoms with Crippen LogP contribution in [-0.4, -0.2) is 28.8 Å². The third kappa shape index (κ3) is 3.27. The average molecular weight is 293 g/mol. The molecule has 20 heavy (non-hydrogen) atoms. The Morgan fingerprint density at radius 1 is 1.40 bits per heavy atom. The Hall–Kier alpha value is -1.20. The van der Waals surface area contributed by atoms with Crippen molar-refractivity contribution in [3.8, 4) is 0 Å². The molecule has 1 heterocycles. The topological polar surface area (TPSA) is 78.2 Å². The van der Waals surface area contributed by atoms with Crippen LogP contribution in [0.4, 0.5) is 0 Å². The molecule has 0 bridgehead atoms. The summed E-state index contributed by atoms with van der Waals surface area (Å²) in [5.74, 6) is -0.120. The fraction of sp³-hybridized carbons (Fsp3) is 0.571. The van der Waals surface area contributed by atoms with Crippen molar-refractivity contribution >= 4 is 11.8 Å². The smallest absolute Gasteiger partial charge is 0.117 e. The van der Waals surface area contributed by atoms with E-state index in [4.69, 9.17) is 10.3 Å². The van der Waals surface area contributed by atoms with E-state index in [0.717, 1.165) is 11.3 Å². The highest BCUT2D eigenvalue weighted by Crippen LogP contribution is 2.38. The van der Waals surface area contributed by atoms with E-state index in [-0.39, 0.29) is 23.5 Å². The number of ether oxygens (including phenoxy) is 1. The van der Waals surface area contributed by atoms with E-state index in [0.29, 0.717) is 0 Å². The van der Waals surface area contributed by atoms with Gasteiger partial charge in [-0.2, -0.15) is 0 Å². The van der Waals surface area contributed by atoms with E-state index in [1.54, 1.807) is 0 Å². The molecule has 2 unspecified atom stereocenters. The Kier molecular flexibility index (Phi) is 5.31. The molecule has 0 saturated carbocycles. The van der Waals surface area contributed by atoms with Crippen LogP contribution in [0.3, 0.4) is 0 Å². The van der Waals surface area contributed by atoms with Crippen molar-refractivity contribution in [2.75, 3.05) is 0 Å². The molecule has 1 aliphatic heterocycles. The van der Waals surface area contributed by atoms with Gasteiger partial charge in [-0.3, -0.25) is 0 Å². The van der Waals surface area contributed by atoms with Gasteiger partial charge in [0.2, 0.25) is 0 Å². The molecule has 6 heteroatoms. The van der Waals surface area contributed by atoms with Crippen LogP contribution in [0.15, 0.2) is 40.3 Å². The highest BCUT2D eigenvalue weighted by molar-refractivity contribution is 7.99. The highest BCUT2D eigenvalue weighted by Gasteiger charge is 2.42. The lowest BCUT2D eigenvalue weighted by atomic mass is 9.89. The molecule has 0 spiro atoms. The number of rotatable bonds is 4. The van der Waals surface area contributed by atoms with Crippen molar-refractivity contribution in [3.63, 3.8) is 0 Å². The van der Waals surface area contributed by atoms with Crippen molar-refractivity contribution in [3.05, 3.63) is 40.8 Å². The summed E-state index contributed by atoms with van der Waals surface area (Å²) in [4.78, 5) is 3.97. The lowest BCUT2D eigenvalue weighted by Gasteiger charge is -2.41. The summed E-state index contributed by atoms with van der Waals surface area (Å²) in [6.45, 7) is 3.90. The van der Waals surface area contributed by atoms with Gasteiger partial charge in [-0.1, -0.05) is 48.9 Å². The largest absolute Gasteiger partial charge is 0.390 e. The maximum absolute atomic E-state index is 10.2. The van der Waals surface area contributed by atoms with Gasteiger partial charge in [-0.25, -0.2) is 0 Å². The Labute approximate surface area is 123 Å². The minimum atomic E-state index is -0.594. The van der Waals surface area contributed by atoms with Gasteiger partial charge in [0, 0.05) is 9.81 Å². The Balaban J connectivity index is 2.20. The normalized spacial score (nSPS) is 33.5. The molecule has 2 rings (SSSR count). The fourth-order valence-corrected chi connectivity index (χ4v) is 3.63. The SMILES string of the molecule is CCC1O[C@@H](Sc2ccccc2)[C@@H](N=[N+]=[N-])C(C)[C@@H]1O. The molecule has 1 aromatic carbocycles. The van der Waals surface area contributed by atoms with Gasteiger partial charge in [-0.15, -0.1) is 0 Å². The van der Waals surface area contributed by atoms with E-state index in [1.807, 2.05) is 44.2 Å². The van der Waals surface area contributed by atoms with Crippen LogP contribution >= 0.6 is 11.8 Å². The molecular weight excluding hydrogens is 274 g/mol. The maximum Gasteiger partial charge on any atom is 0.117 e. The average Bonchev–Trinajstić information content (AvgIpc) is 2.47. The fourth-order valence-electron chi connectivity index (χ4n) is 2.41. The van der Waals surface area contributed by atoms with Crippen LogP contribution in [0.5, 0.6) is 0 Å². The van der Waals surface area contributed by atoms with E-state index < -0.39 is 6.10 Å². The molecule has 1 aromatic rings. The van der Waals surface area contributed by atoms with Crippen molar-refractivity contribution in [1.82, 2.24) is 0 Å². The summed E-state index contributed by atoms with van der Waals surface area (Å²) in [7, 11) is 0. The number of hydrogen-bond donors (Lipinski definition) is 1. The van der Waals surface area contributed by atoms with Gasteiger partial charge >= 0.3 is 0 Å². The molecule has 5 nitrogen and oxygen atoms in total. The van der Waals surface area contributed by atoms with Gasteiger partial charge in [-0.05, 0) is 30.0 Å².